The number of nitrogens with zero attached hydrogens (tertiary/aromatic N) is 5. The lowest BCUT2D eigenvalue weighted by Gasteiger charge is -2.02. The lowest BCUT2D eigenvalue weighted by Crippen LogP contribution is -2.06. The molecule has 0 aliphatic carbocycles. The summed E-state index contributed by atoms with van der Waals surface area (Å²) in [6.07, 6.45) is 1.78. The molecule has 0 aliphatic heterocycles. The minimum Gasteiger partial charge on any atom is -0.267 e. The predicted molar refractivity (Wildman–Crippen MR) is 116 cm³/mol. The largest absolute Gasteiger partial charge is 0.288 e. The van der Waals surface area contributed by atoms with Gasteiger partial charge in [0.1, 0.15) is 4.70 Å². The molecule has 0 bridgehead atoms. The van der Waals surface area contributed by atoms with Crippen molar-refractivity contribution >= 4 is 66.4 Å². The lowest BCUT2D eigenvalue weighted by molar-refractivity contribution is -0.382. The van der Waals surface area contributed by atoms with Gasteiger partial charge in [0.05, 0.1) is 27.9 Å². The molecule has 0 radical (unpaired) electrons. The van der Waals surface area contributed by atoms with Gasteiger partial charge < -0.3 is 0 Å². The number of thioether (sulfide) groups is 1. The molecule has 0 N–H and O–H groups in total. The Labute approximate surface area is 184 Å². The van der Waals surface area contributed by atoms with Crippen LogP contribution in [0.4, 0.5) is 5.69 Å². The molecular weight excluding hydrogens is 502 g/mol. The van der Waals surface area contributed by atoms with Gasteiger partial charge in [-0.05, 0) is 30.3 Å². The summed E-state index contributed by atoms with van der Waals surface area (Å²) in [6.45, 7) is 0. The van der Waals surface area contributed by atoms with Crippen LogP contribution in [0.15, 0.2) is 56.2 Å². The van der Waals surface area contributed by atoms with E-state index in [1.807, 2.05) is 24.3 Å². The van der Waals surface area contributed by atoms with Crippen LogP contribution in [0.3, 0.4) is 0 Å². The summed E-state index contributed by atoms with van der Waals surface area (Å²) >= 11 is 11.6. The van der Waals surface area contributed by atoms with Gasteiger partial charge >= 0.3 is 0 Å². The summed E-state index contributed by atoms with van der Waals surface area (Å²) in [6, 6.07) is 10.2. The third-order valence-electron chi connectivity index (χ3n) is 3.82. The number of halogens is 2. The topological polar surface area (TPSA) is 104 Å². The summed E-state index contributed by atoms with van der Waals surface area (Å²) in [5.74, 6) is 0.409. The highest BCUT2D eigenvalue weighted by molar-refractivity contribution is 9.10. The number of nitro benzene ring substituents is 1. The summed E-state index contributed by atoms with van der Waals surface area (Å²) < 4.78 is 3.27. The monoisotopic (exact) mass is 509 g/mol. The first-order valence-corrected chi connectivity index (χ1v) is 11.0. The molecule has 12 heteroatoms. The first-order valence-electron chi connectivity index (χ1n) is 7.99. The van der Waals surface area contributed by atoms with E-state index in [4.69, 9.17) is 11.6 Å². The van der Waals surface area contributed by atoms with E-state index in [0.29, 0.717) is 15.8 Å². The van der Waals surface area contributed by atoms with Gasteiger partial charge in [-0.25, -0.2) is 4.68 Å². The second kappa shape index (κ2) is 8.19. The molecule has 0 fully saturated rings. The Morgan fingerprint density at radius 3 is 2.76 bits per heavy atom. The maximum Gasteiger partial charge on any atom is 0.288 e. The first kappa shape index (κ1) is 20.0. The van der Waals surface area contributed by atoms with Gasteiger partial charge in [0.2, 0.25) is 0 Å². The number of aromatic nitrogens is 4. The molecular formula is C17H9BrClN5O3S2. The number of non-ortho nitro benzene ring substituents is 1. The van der Waals surface area contributed by atoms with Crippen LogP contribution < -0.4 is 5.56 Å². The quantitative estimate of drug-likeness (QED) is 0.215. The molecule has 0 saturated carbocycles. The molecule has 0 amide bonds. The number of hydrogen-bond donors (Lipinski definition) is 0. The van der Waals surface area contributed by atoms with Crippen molar-refractivity contribution in [1.29, 1.82) is 0 Å². The Hall–Kier alpha value is -2.34. The smallest absolute Gasteiger partial charge is 0.267 e. The molecule has 2 aromatic heterocycles. The van der Waals surface area contributed by atoms with Crippen LogP contribution in [-0.4, -0.2) is 24.9 Å². The average Bonchev–Trinajstić information content (AvgIpc) is 3.16. The number of hydrogen-bond acceptors (Lipinski definition) is 8. The van der Waals surface area contributed by atoms with Crippen molar-refractivity contribution in [2.75, 3.05) is 0 Å². The standard InChI is InChI=1S/C17H9BrClN5O3S2/c18-9-1-3-12(4-2-9)23-7-11(21-22-23)8-28-17-20-16(25)13-5-10(19)6-14(24(26)27)15(13)29-17/h1-7H,8H2. The van der Waals surface area contributed by atoms with Crippen LogP contribution in [0.2, 0.25) is 5.02 Å². The zero-order valence-electron chi connectivity index (χ0n) is 14.3. The Morgan fingerprint density at radius 2 is 2.03 bits per heavy atom. The molecule has 4 aromatic rings. The molecule has 2 aromatic carbocycles. The van der Waals surface area contributed by atoms with Gasteiger partial charge in [0.15, 0.2) is 4.34 Å². The first-order chi connectivity index (χ1) is 13.9. The van der Waals surface area contributed by atoms with Gasteiger partial charge in [-0.3, -0.25) is 14.9 Å². The highest BCUT2D eigenvalue weighted by atomic mass is 79.9. The van der Waals surface area contributed by atoms with E-state index in [9.17, 15) is 14.9 Å². The minimum absolute atomic E-state index is 0.125. The molecule has 0 saturated heterocycles. The van der Waals surface area contributed by atoms with E-state index in [1.165, 1.54) is 23.9 Å². The minimum atomic E-state index is -0.553. The third kappa shape index (κ3) is 4.32. The van der Waals surface area contributed by atoms with Crippen LogP contribution in [0, 0.1) is 10.1 Å². The molecule has 0 atom stereocenters. The van der Waals surface area contributed by atoms with Crippen molar-refractivity contribution in [3.05, 3.63) is 78.3 Å². The van der Waals surface area contributed by atoms with E-state index < -0.39 is 10.5 Å². The average molecular weight is 511 g/mol. The Morgan fingerprint density at radius 1 is 1.28 bits per heavy atom. The van der Waals surface area contributed by atoms with Crippen molar-refractivity contribution in [1.82, 2.24) is 20.0 Å². The van der Waals surface area contributed by atoms with E-state index >= 15 is 0 Å². The molecule has 0 spiro atoms. The highest BCUT2D eigenvalue weighted by Crippen LogP contribution is 2.35. The van der Waals surface area contributed by atoms with Crippen molar-refractivity contribution in [2.45, 2.75) is 10.1 Å². The second-order valence-electron chi connectivity index (χ2n) is 5.76. The Kier molecular flexibility index (Phi) is 5.63. The van der Waals surface area contributed by atoms with Crippen LogP contribution in [0.1, 0.15) is 5.69 Å². The van der Waals surface area contributed by atoms with Crippen LogP contribution in [0.25, 0.3) is 15.8 Å². The molecule has 2 heterocycles. The summed E-state index contributed by atoms with van der Waals surface area (Å²) in [4.78, 5) is 27.1. The fourth-order valence-electron chi connectivity index (χ4n) is 2.52. The summed E-state index contributed by atoms with van der Waals surface area (Å²) in [5.41, 5.74) is 0.786. The van der Waals surface area contributed by atoms with Crippen molar-refractivity contribution in [3.8, 4) is 5.69 Å². The Balaban J connectivity index is 1.60. The van der Waals surface area contributed by atoms with Crippen molar-refractivity contribution < 1.29 is 4.92 Å². The van der Waals surface area contributed by atoms with Crippen LogP contribution in [0.5, 0.6) is 0 Å². The van der Waals surface area contributed by atoms with E-state index in [0.717, 1.165) is 21.5 Å². The number of nitro groups is 1. The summed E-state index contributed by atoms with van der Waals surface area (Å²) in [7, 11) is 0. The molecule has 8 nitrogen and oxygen atoms in total. The van der Waals surface area contributed by atoms with Gasteiger partial charge in [0.25, 0.3) is 11.2 Å². The number of fused-ring (bicyclic) bond motifs is 1. The van der Waals surface area contributed by atoms with Crippen LogP contribution in [-0.2, 0) is 5.75 Å². The fraction of sp³-hybridized carbons (Fsp3) is 0.0588. The maximum atomic E-state index is 12.3. The molecule has 4 rings (SSSR count). The zero-order valence-corrected chi connectivity index (χ0v) is 18.3. The predicted octanol–water partition coefficient (Wildman–Crippen LogP) is 4.85. The van der Waals surface area contributed by atoms with Crippen molar-refractivity contribution in [3.63, 3.8) is 0 Å². The lowest BCUT2D eigenvalue weighted by atomic mass is 10.2. The SMILES string of the molecule is O=c1nc(SCc2cn(-c3ccc(Br)cc3)nn2)sc2c([N+](=O)[O-])cc(Cl)cc12. The maximum absolute atomic E-state index is 12.3. The van der Waals surface area contributed by atoms with E-state index in [1.54, 1.807) is 10.9 Å². The zero-order chi connectivity index (χ0) is 20.5. The van der Waals surface area contributed by atoms with Gasteiger partial charge in [-0.15, -0.1) is 16.4 Å². The molecule has 0 unspecified atom stereocenters. The highest BCUT2D eigenvalue weighted by Gasteiger charge is 2.18. The Bertz CT molecular complexity index is 1290. The second-order valence-corrected chi connectivity index (χ2v) is 9.34. The molecule has 146 valence electrons. The van der Waals surface area contributed by atoms with Crippen LogP contribution >= 0.6 is 50.6 Å². The van der Waals surface area contributed by atoms with Gasteiger partial charge in [-0.2, -0.15) is 4.98 Å². The molecule has 29 heavy (non-hydrogen) atoms. The van der Waals surface area contributed by atoms with E-state index in [2.05, 4.69) is 31.2 Å². The summed E-state index contributed by atoms with van der Waals surface area (Å²) in [5, 5.41) is 19.8. The van der Waals surface area contributed by atoms with Gasteiger partial charge in [-0.1, -0.05) is 44.5 Å². The van der Waals surface area contributed by atoms with E-state index in [-0.39, 0.29) is 20.8 Å². The fourth-order valence-corrected chi connectivity index (χ4v) is 5.00. The van der Waals surface area contributed by atoms with Gasteiger partial charge in [0, 0.05) is 21.3 Å². The normalized spacial score (nSPS) is 11.1. The number of benzene rings is 2. The van der Waals surface area contributed by atoms with Crippen molar-refractivity contribution in [2.24, 2.45) is 0 Å². The molecule has 0 aliphatic rings. The number of rotatable bonds is 5. The third-order valence-corrected chi connectivity index (χ3v) is 6.85.